The fourth-order valence-electron chi connectivity index (χ4n) is 2.33. The molecule has 2 heterocycles. The largest absolute Gasteiger partial charge is 0.338 e. The van der Waals surface area contributed by atoms with Crippen LogP contribution in [0.1, 0.15) is 55.0 Å². The van der Waals surface area contributed by atoms with Crippen molar-refractivity contribution in [2.24, 2.45) is 0 Å². The molecule has 1 aromatic carbocycles. The molecule has 28 heavy (non-hydrogen) atoms. The number of likely N-dealkylation sites (tertiary alicyclic amines) is 1. The molecule has 0 aliphatic carbocycles. The van der Waals surface area contributed by atoms with Gasteiger partial charge < -0.3 is 10.2 Å². The molecule has 0 bridgehead atoms. The summed E-state index contributed by atoms with van der Waals surface area (Å²) >= 11 is 5.68. The van der Waals surface area contributed by atoms with Gasteiger partial charge in [-0.15, -0.1) is 0 Å². The third kappa shape index (κ3) is 5.06. The van der Waals surface area contributed by atoms with Gasteiger partial charge in [0.05, 0.1) is 10.7 Å². The molecule has 2 aromatic rings. The first-order valence-corrected chi connectivity index (χ1v) is 8.64. The molecule has 1 amide bonds. The fraction of sp³-hybridized carbons (Fsp3) is 0.429. The van der Waals surface area contributed by atoms with Crippen LogP contribution in [-0.2, 0) is 12.9 Å². The quantitative estimate of drug-likeness (QED) is 0.767. The van der Waals surface area contributed by atoms with Crippen molar-refractivity contribution in [3.8, 4) is 0 Å². The van der Waals surface area contributed by atoms with E-state index in [0.29, 0.717) is 0 Å². The summed E-state index contributed by atoms with van der Waals surface area (Å²) in [5.41, 5.74) is -4.27. The molecule has 4 nitrogen and oxygen atoms in total. The molecule has 1 N–H and O–H groups in total. The molecule has 1 saturated heterocycles. The Morgan fingerprint density at radius 2 is 2.25 bits per heavy atom. The minimum atomic E-state index is -3.72. The van der Waals surface area contributed by atoms with Gasteiger partial charge in [0.15, 0.2) is 0 Å². The van der Waals surface area contributed by atoms with Crippen molar-refractivity contribution in [2.45, 2.75) is 38.2 Å². The van der Waals surface area contributed by atoms with E-state index < -0.39 is 67.6 Å². The SMILES string of the molecule is [2H]C([2H])(C)c1ccc(C([2H])([2H])NCC2(F)C([2H])([2H])CN(C(=O)c3ccc(F)c(Cl)c3)C([2H])([2H])C2([2H])[2H])nc1. The third-order valence-electron chi connectivity index (χ3n) is 3.92. The Morgan fingerprint density at radius 3 is 2.93 bits per heavy atom. The molecule has 1 aliphatic rings. The van der Waals surface area contributed by atoms with Crippen LogP contribution in [-0.4, -0.2) is 41.0 Å². The van der Waals surface area contributed by atoms with Crippen molar-refractivity contribution in [3.63, 3.8) is 0 Å². The average molecular weight is 418 g/mol. The second kappa shape index (κ2) is 8.97. The summed E-state index contributed by atoms with van der Waals surface area (Å²) in [6, 6.07) is 5.01. The molecule has 3 rings (SSSR count). The smallest absolute Gasteiger partial charge is 0.253 e. The number of hydrogen-bond acceptors (Lipinski definition) is 3. The Labute approximate surface area is 183 Å². The first-order valence-electron chi connectivity index (χ1n) is 13.3. The number of pyridine rings is 1. The maximum Gasteiger partial charge on any atom is 0.253 e. The van der Waals surface area contributed by atoms with Crippen LogP contribution in [0, 0.1) is 5.82 Å². The second-order valence-electron chi connectivity index (χ2n) is 5.90. The zero-order chi connectivity index (χ0) is 29.1. The van der Waals surface area contributed by atoms with Gasteiger partial charge in [-0.05, 0) is 36.2 Å². The van der Waals surface area contributed by atoms with Crippen molar-refractivity contribution < 1.29 is 27.3 Å². The summed E-state index contributed by atoms with van der Waals surface area (Å²) in [6.45, 7) is -7.45. The van der Waals surface area contributed by atoms with Crippen LogP contribution in [0.15, 0.2) is 36.5 Å². The number of halogens is 3. The second-order valence-corrected chi connectivity index (χ2v) is 6.30. The summed E-state index contributed by atoms with van der Waals surface area (Å²) < 4.78 is 111. The molecule has 0 saturated carbocycles. The van der Waals surface area contributed by atoms with Gasteiger partial charge in [0, 0.05) is 64.3 Å². The van der Waals surface area contributed by atoms with E-state index >= 15 is 4.39 Å². The molecule has 150 valence electrons. The van der Waals surface area contributed by atoms with Crippen LogP contribution in [0.25, 0.3) is 0 Å². The van der Waals surface area contributed by atoms with Crippen molar-refractivity contribution in [1.82, 2.24) is 15.2 Å². The zero-order valence-electron chi connectivity index (χ0n) is 24.8. The maximum absolute atomic E-state index is 16.3. The Kier molecular flexibility index (Phi) is 3.59. The summed E-state index contributed by atoms with van der Waals surface area (Å²) in [5.74, 6) is -2.13. The number of carbonyl (C=O) groups is 1. The first-order chi connectivity index (χ1) is 17.1. The molecule has 1 aromatic heterocycles. The van der Waals surface area contributed by atoms with Crippen LogP contribution in [0.5, 0.6) is 0 Å². The molecule has 0 spiro atoms. The lowest BCUT2D eigenvalue weighted by molar-refractivity contribution is 0.0434. The number of nitrogens with zero attached hydrogens (tertiary/aromatic N) is 2. The van der Waals surface area contributed by atoms with Gasteiger partial charge in [-0.1, -0.05) is 24.6 Å². The van der Waals surface area contributed by atoms with Crippen molar-refractivity contribution in [2.75, 3.05) is 19.6 Å². The molecule has 1 atom stereocenters. The molecular weight excluding hydrogens is 384 g/mol. The number of amides is 1. The molecule has 1 aliphatic heterocycles. The molecule has 1 fully saturated rings. The predicted molar refractivity (Wildman–Crippen MR) is 106 cm³/mol. The summed E-state index contributed by atoms with van der Waals surface area (Å²) in [5, 5.41) is 1.59. The van der Waals surface area contributed by atoms with Crippen molar-refractivity contribution in [1.29, 1.82) is 0 Å². The van der Waals surface area contributed by atoms with Gasteiger partial charge in [0.25, 0.3) is 5.91 Å². The monoisotopic (exact) mass is 417 g/mol. The van der Waals surface area contributed by atoms with E-state index in [9.17, 15) is 9.18 Å². The van der Waals surface area contributed by atoms with E-state index in [1.165, 1.54) is 13.0 Å². The van der Waals surface area contributed by atoms with E-state index in [0.717, 1.165) is 30.5 Å². The minimum Gasteiger partial charge on any atom is -0.338 e. The molecule has 7 heteroatoms. The van der Waals surface area contributed by atoms with Gasteiger partial charge in [0.2, 0.25) is 0 Å². The average Bonchev–Trinajstić information content (AvgIpc) is 2.80. The van der Waals surface area contributed by atoms with Gasteiger partial charge in [-0.25, -0.2) is 8.78 Å². The number of carbonyl (C=O) groups excluding carboxylic acids is 1. The van der Waals surface area contributed by atoms with Crippen LogP contribution in [0.3, 0.4) is 0 Å². The fourth-order valence-corrected chi connectivity index (χ4v) is 2.51. The standard InChI is InChI=1S/C21H24ClF2N3O/c1-2-15-3-5-17(26-12-15)13-25-14-21(24)7-9-27(10-8-21)20(28)16-4-6-19(23)18(22)11-16/h3-6,11-12,25H,2,7-10,13-14H2,1H3/i2D2,7D2,8D2,9D2,13D2. The molecule has 1 unspecified atom stereocenters. The van der Waals surface area contributed by atoms with Gasteiger partial charge in [-0.3, -0.25) is 9.78 Å². The van der Waals surface area contributed by atoms with Crippen LogP contribution in [0.4, 0.5) is 8.78 Å². The number of alkyl halides is 1. The number of hydrogen-bond donors (Lipinski definition) is 1. The summed E-state index contributed by atoms with van der Waals surface area (Å²) in [4.78, 5) is 17.0. The zero-order valence-corrected chi connectivity index (χ0v) is 15.6. The molecule has 0 radical (unpaired) electrons. The van der Waals surface area contributed by atoms with Gasteiger partial charge in [-0.2, -0.15) is 0 Å². The number of nitrogens with one attached hydrogen (secondary N) is 1. The highest BCUT2D eigenvalue weighted by molar-refractivity contribution is 6.31. The summed E-state index contributed by atoms with van der Waals surface area (Å²) in [6.07, 6.45) is -7.65. The number of aryl methyl sites for hydroxylation is 1. The van der Waals surface area contributed by atoms with E-state index in [4.69, 9.17) is 25.3 Å². The lowest BCUT2D eigenvalue weighted by Gasteiger charge is -2.36. The lowest BCUT2D eigenvalue weighted by atomic mass is 9.92. The highest BCUT2D eigenvalue weighted by Gasteiger charge is 2.35. The van der Waals surface area contributed by atoms with E-state index in [1.54, 1.807) is 0 Å². The lowest BCUT2D eigenvalue weighted by Crippen LogP contribution is -2.48. The first kappa shape index (κ1) is 11.2. The summed E-state index contributed by atoms with van der Waals surface area (Å²) in [7, 11) is 0. The normalized spacial score (nSPS) is 31.4. The van der Waals surface area contributed by atoms with E-state index in [2.05, 4.69) is 10.3 Å². The third-order valence-corrected chi connectivity index (χ3v) is 4.21. The topological polar surface area (TPSA) is 45.2 Å². The predicted octanol–water partition coefficient (Wildman–Crippen LogP) is 4.17. The van der Waals surface area contributed by atoms with Crippen LogP contribution < -0.4 is 5.32 Å². The number of aromatic nitrogens is 1. The van der Waals surface area contributed by atoms with Crippen LogP contribution >= 0.6 is 11.6 Å². The maximum atomic E-state index is 16.3. The minimum absolute atomic E-state index is 0.138. The Hall–Kier alpha value is -2.05. The van der Waals surface area contributed by atoms with Crippen molar-refractivity contribution in [3.05, 3.63) is 64.2 Å². The Balaban J connectivity index is 1.92. The van der Waals surface area contributed by atoms with Gasteiger partial charge in [0.1, 0.15) is 11.5 Å². The number of piperidine rings is 1. The highest BCUT2D eigenvalue weighted by Crippen LogP contribution is 2.27. The molecular formula is C21H24ClF2N3O. The van der Waals surface area contributed by atoms with Crippen molar-refractivity contribution >= 4 is 17.5 Å². The number of benzene rings is 1. The van der Waals surface area contributed by atoms with E-state index in [-0.39, 0.29) is 21.7 Å². The Bertz CT molecular complexity index is 1230. The van der Waals surface area contributed by atoms with Gasteiger partial charge >= 0.3 is 0 Å². The Morgan fingerprint density at radius 1 is 1.43 bits per heavy atom. The van der Waals surface area contributed by atoms with Crippen LogP contribution in [0.2, 0.25) is 5.02 Å². The number of rotatable bonds is 6. The van der Waals surface area contributed by atoms with E-state index in [1.807, 2.05) is 0 Å². The highest BCUT2D eigenvalue weighted by atomic mass is 35.5.